The van der Waals surface area contributed by atoms with Gasteiger partial charge in [0.05, 0.1) is 7.11 Å². The lowest BCUT2D eigenvalue weighted by atomic mass is 10.0. The number of pyridine rings is 2. The molecule has 3 aromatic rings. The second-order valence-electron chi connectivity index (χ2n) is 5.75. The van der Waals surface area contributed by atoms with E-state index in [4.69, 9.17) is 0 Å². The summed E-state index contributed by atoms with van der Waals surface area (Å²) in [5, 5.41) is 10.6. The summed E-state index contributed by atoms with van der Waals surface area (Å²) in [5.74, 6) is -2.00. The van der Waals surface area contributed by atoms with Crippen molar-refractivity contribution in [3.63, 3.8) is 0 Å². The number of rotatable bonds is 4. The van der Waals surface area contributed by atoms with Crippen molar-refractivity contribution in [2.24, 2.45) is 0 Å². The van der Waals surface area contributed by atoms with Crippen molar-refractivity contribution in [2.45, 2.75) is 13.3 Å². The van der Waals surface area contributed by atoms with Crippen LogP contribution in [-0.4, -0.2) is 33.9 Å². The van der Waals surface area contributed by atoms with Gasteiger partial charge >= 0.3 is 5.97 Å². The molecule has 0 saturated heterocycles. The van der Waals surface area contributed by atoms with Gasteiger partial charge in [0.1, 0.15) is 17.0 Å². The van der Waals surface area contributed by atoms with Crippen LogP contribution in [0.5, 0.6) is 5.75 Å². The largest absolute Gasteiger partial charge is 0.504 e. The van der Waals surface area contributed by atoms with Crippen molar-refractivity contribution in [3.8, 4) is 5.75 Å². The van der Waals surface area contributed by atoms with E-state index in [1.54, 1.807) is 18.2 Å². The van der Waals surface area contributed by atoms with Crippen molar-refractivity contribution in [1.82, 2.24) is 9.97 Å². The first-order valence-corrected chi connectivity index (χ1v) is 7.76. The summed E-state index contributed by atoms with van der Waals surface area (Å²) in [5.41, 5.74) is 1.36. The topological polar surface area (TPSA) is 89.4 Å². The molecule has 1 aromatic carbocycles. The predicted octanol–water partition coefficient (Wildman–Crippen LogP) is 3.05. The van der Waals surface area contributed by atoms with Gasteiger partial charge in [0.25, 0.3) is 0 Å². The third-order valence-corrected chi connectivity index (χ3v) is 3.91. The zero-order chi connectivity index (χ0) is 18.8. The molecule has 0 radical (unpaired) electrons. The highest BCUT2D eigenvalue weighted by Crippen LogP contribution is 2.29. The molecule has 0 aliphatic heterocycles. The predicted molar refractivity (Wildman–Crippen MR) is 91.8 cm³/mol. The summed E-state index contributed by atoms with van der Waals surface area (Å²) in [7, 11) is 1.15. The average Bonchev–Trinajstić information content (AvgIpc) is 2.63. The van der Waals surface area contributed by atoms with Crippen molar-refractivity contribution in [3.05, 3.63) is 64.9 Å². The van der Waals surface area contributed by atoms with Crippen LogP contribution < -0.4 is 0 Å². The maximum atomic E-state index is 13.0. The van der Waals surface area contributed by atoms with E-state index in [2.05, 4.69) is 14.7 Å². The van der Waals surface area contributed by atoms with Crippen LogP contribution in [0.15, 0.2) is 36.5 Å². The van der Waals surface area contributed by atoms with E-state index in [9.17, 15) is 19.1 Å². The molecule has 7 heteroatoms. The fourth-order valence-electron chi connectivity index (χ4n) is 2.66. The molecule has 0 bridgehead atoms. The number of hydrogen-bond acceptors (Lipinski definition) is 6. The molecule has 132 valence electrons. The quantitative estimate of drug-likeness (QED) is 0.572. The summed E-state index contributed by atoms with van der Waals surface area (Å²) < 4.78 is 17.6. The fraction of sp³-hybridized carbons (Fsp3) is 0.158. The molecule has 26 heavy (non-hydrogen) atoms. The second kappa shape index (κ2) is 6.87. The van der Waals surface area contributed by atoms with Crippen LogP contribution in [0.2, 0.25) is 0 Å². The molecule has 0 amide bonds. The Morgan fingerprint density at radius 1 is 1.15 bits per heavy atom. The van der Waals surface area contributed by atoms with Gasteiger partial charge in [-0.05, 0) is 35.7 Å². The summed E-state index contributed by atoms with van der Waals surface area (Å²) in [6.07, 6.45) is 1.98. The van der Waals surface area contributed by atoms with Crippen molar-refractivity contribution in [2.75, 3.05) is 7.11 Å². The molecule has 0 atom stereocenters. The van der Waals surface area contributed by atoms with Crippen molar-refractivity contribution in [1.29, 1.82) is 0 Å². The van der Waals surface area contributed by atoms with Gasteiger partial charge in [0.15, 0.2) is 17.2 Å². The molecule has 2 heterocycles. The first-order valence-electron chi connectivity index (χ1n) is 7.76. The molecule has 3 rings (SSSR count). The smallest absolute Gasteiger partial charge is 0.360 e. The molecule has 0 aliphatic rings. The van der Waals surface area contributed by atoms with Crippen LogP contribution >= 0.6 is 0 Å². The Hall–Kier alpha value is -3.35. The Morgan fingerprint density at radius 3 is 2.46 bits per heavy atom. The number of aromatic hydroxyl groups is 1. The number of carbonyl (C=O) groups is 2. The number of fused-ring (bicyclic) bond motifs is 1. The highest BCUT2D eigenvalue weighted by Gasteiger charge is 2.22. The number of ketones is 1. The summed E-state index contributed by atoms with van der Waals surface area (Å²) in [4.78, 5) is 31.9. The molecule has 0 spiro atoms. The van der Waals surface area contributed by atoms with E-state index >= 15 is 0 Å². The number of aromatic nitrogens is 2. The van der Waals surface area contributed by atoms with Crippen LogP contribution in [0.1, 0.15) is 39.0 Å². The number of benzene rings is 1. The third kappa shape index (κ3) is 3.23. The minimum Gasteiger partial charge on any atom is -0.504 e. The van der Waals surface area contributed by atoms with E-state index < -0.39 is 11.7 Å². The minimum absolute atomic E-state index is 0.0201. The van der Waals surface area contributed by atoms with E-state index in [1.807, 2.05) is 0 Å². The Labute approximate surface area is 148 Å². The van der Waals surface area contributed by atoms with Gasteiger partial charge in [-0.15, -0.1) is 0 Å². The highest BCUT2D eigenvalue weighted by molar-refractivity contribution is 6.08. The molecule has 1 N–H and O–H groups in total. The van der Waals surface area contributed by atoms with E-state index in [0.29, 0.717) is 11.8 Å². The summed E-state index contributed by atoms with van der Waals surface area (Å²) >= 11 is 0. The van der Waals surface area contributed by atoms with Gasteiger partial charge in [-0.25, -0.2) is 14.2 Å². The maximum absolute atomic E-state index is 13.0. The maximum Gasteiger partial charge on any atom is 0.360 e. The van der Waals surface area contributed by atoms with Crippen LogP contribution in [0.4, 0.5) is 4.39 Å². The number of hydrogen-bond donors (Lipinski definition) is 1. The number of methoxy groups -OCH3 is 1. The van der Waals surface area contributed by atoms with Crippen LogP contribution in [-0.2, 0) is 11.2 Å². The standard InChI is InChI=1S/C19H15FN2O4/c1-10(23)15-14-8-12(7-11-3-5-13(20)6-4-11)9-21-16(14)18(24)17(22-15)19(25)26-2/h3-6,8-9,24H,7H2,1-2H3. The Kier molecular flexibility index (Phi) is 4.62. The van der Waals surface area contributed by atoms with Crippen molar-refractivity contribution >= 4 is 22.7 Å². The lowest BCUT2D eigenvalue weighted by molar-refractivity contribution is 0.0590. The molecular formula is C19H15FN2O4. The number of esters is 1. The zero-order valence-electron chi connectivity index (χ0n) is 14.1. The van der Waals surface area contributed by atoms with Crippen LogP contribution in [0.25, 0.3) is 10.9 Å². The van der Waals surface area contributed by atoms with E-state index in [0.717, 1.165) is 18.2 Å². The third-order valence-electron chi connectivity index (χ3n) is 3.91. The van der Waals surface area contributed by atoms with Gasteiger partial charge in [-0.3, -0.25) is 9.78 Å². The van der Waals surface area contributed by atoms with Gasteiger partial charge in [0, 0.05) is 18.5 Å². The molecule has 0 fully saturated rings. The van der Waals surface area contributed by atoms with Crippen molar-refractivity contribution < 1.29 is 23.8 Å². The average molecular weight is 354 g/mol. The van der Waals surface area contributed by atoms with Gasteiger partial charge in [-0.1, -0.05) is 12.1 Å². The molecule has 6 nitrogen and oxygen atoms in total. The molecule has 0 saturated carbocycles. The SMILES string of the molecule is COC(=O)c1nc(C(C)=O)c2cc(Cc3ccc(F)cc3)cnc2c1O. The number of Topliss-reactive ketones (excluding diaryl/α,β-unsaturated/α-hetero) is 1. The van der Waals surface area contributed by atoms with Crippen LogP contribution in [0, 0.1) is 5.82 Å². The minimum atomic E-state index is -0.857. The highest BCUT2D eigenvalue weighted by atomic mass is 19.1. The Morgan fingerprint density at radius 2 is 1.85 bits per heavy atom. The lowest BCUT2D eigenvalue weighted by Crippen LogP contribution is -2.10. The summed E-state index contributed by atoms with van der Waals surface area (Å²) in [6.45, 7) is 1.31. The molecular weight excluding hydrogens is 339 g/mol. The summed E-state index contributed by atoms with van der Waals surface area (Å²) in [6, 6.07) is 7.71. The lowest BCUT2D eigenvalue weighted by Gasteiger charge is -2.10. The second-order valence-corrected chi connectivity index (χ2v) is 5.75. The molecule has 2 aromatic heterocycles. The van der Waals surface area contributed by atoms with E-state index in [-0.39, 0.29) is 28.5 Å². The number of carbonyl (C=O) groups excluding carboxylic acids is 2. The first kappa shape index (κ1) is 17.5. The number of nitrogens with zero attached hydrogens (tertiary/aromatic N) is 2. The van der Waals surface area contributed by atoms with Crippen LogP contribution in [0.3, 0.4) is 0 Å². The number of halogens is 1. The van der Waals surface area contributed by atoms with Gasteiger partial charge in [0.2, 0.25) is 0 Å². The molecule has 0 unspecified atom stereocenters. The Balaban J connectivity index is 2.13. The number of ether oxygens (including phenoxy) is 1. The monoisotopic (exact) mass is 354 g/mol. The van der Waals surface area contributed by atoms with E-state index in [1.165, 1.54) is 25.3 Å². The first-order chi connectivity index (χ1) is 12.4. The zero-order valence-corrected chi connectivity index (χ0v) is 14.1. The fourth-order valence-corrected chi connectivity index (χ4v) is 2.66. The molecule has 0 aliphatic carbocycles. The van der Waals surface area contributed by atoms with Gasteiger partial charge < -0.3 is 9.84 Å². The normalized spacial score (nSPS) is 10.7. The Bertz CT molecular complexity index is 1020. The van der Waals surface area contributed by atoms with Gasteiger partial charge in [-0.2, -0.15) is 0 Å².